The number of hydrogen-bond donors (Lipinski definition) is 0. The number of furan rings is 1. The molecule has 0 bridgehead atoms. The number of piperazine rings is 1. The maximum Gasteiger partial charge on any atom is 0.289 e. The van der Waals surface area contributed by atoms with Crippen molar-refractivity contribution in [1.82, 2.24) is 14.7 Å². The average molecular weight is 359 g/mol. The largest absolute Gasteiger partial charge is 0.459 e. The summed E-state index contributed by atoms with van der Waals surface area (Å²) in [4.78, 5) is 42.9. The Morgan fingerprint density at radius 1 is 0.846 bits per heavy atom. The lowest BCUT2D eigenvalue weighted by molar-refractivity contribution is -0.142. The van der Waals surface area contributed by atoms with Gasteiger partial charge in [-0.2, -0.15) is 0 Å². The molecular weight excluding hydrogens is 334 g/mol. The number of rotatable bonds is 3. The van der Waals surface area contributed by atoms with Crippen LogP contribution in [0.5, 0.6) is 0 Å². The van der Waals surface area contributed by atoms with Crippen LogP contribution in [0.1, 0.15) is 36.2 Å². The van der Waals surface area contributed by atoms with Gasteiger partial charge in [0.25, 0.3) is 5.91 Å². The molecule has 1 atom stereocenters. The Bertz CT molecular complexity index is 675. The van der Waals surface area contributed by atoms with Crippen molar-refractivity contribution in [1.29, 1.82) is 0 Å². The number of likely N-dealkylation sites (tertiary alicyclic amines) is 1. The highest BCUT2D eigenvalue weighted by Gasteiger charge is 2.38. The number of hydrogen-bond acceptors (Lipinski definition) is 4. The SMILES string of the molecule is O=C(c1ccco1)N1CCN(C(=O)C2CCCN(C(=O)C3CC3)C2)CC1. The highest BCUT2D eigenvalue weighted by Crippen LogP contribution is 2.32. The molecule has 140 valence electrons. The van der Waals surface area contributed by atoms with E-state index in [1.807, 2.05) is 9.80 Å². The van der Waals surface area contributed by atoms with Crippen LogP contribution in [0.25, 0.3) is 0 Å². The van der Waals surface area contributed by atoms with Crippen LogP contribution < -0.4 is 0 Å². The predicted molar refractivity (Wildman–Crippen MR) is 93.2 cm³/mol. The van der Waals surface area contributed by atoms with Gasteiger partial charge >= 0.3 is 0 Å². The highest BCUT2D eigenvalue weighted by atomic mass is 16.3. The van der Waals surface area contributed by atoms with Gasteiger partial charge in [-0.1, -0.05) is 0 Å². The minimum Gasteiger partial charge on any atom is -0.459 e. The summed E-state index contributed by atoms with van der Waals surface area (Å²) in [6.45, 7) is 3.45. The molecule has 26 heavy (non-hydrogen) atoms. The van der Waals surface area contributed by atoms with Gasteiger partial charge in [-0.25, -0.2) is 0 Å². The first-order valence-corrected chi connectivity index (χ1v) is 9.54. The van der Waals surface area contributed by atoms with Gasteiger partial charge in [-0.3, -0.25) is 14.4 Å². The first-order valence-electron chi connectivity index (χ1n) is 9.54. The van der Waals surface area contributed by atoms with Crippen molar-refractivity contribution in [2.45, 2.75) is 25.7 Å². The fraction of sp³-hybridized carbons (Fsp3) is 0.632. The fourth-order valence-electron chi connectivity index (χ4n) is 3.91. The third-order valence-corrected chi connectivity index (χ3v) is 5.62. The molecule has 1 aliphatic carbocycles. The van der Waals surface area contributed by atoms with Gasteiger partial charge < -0.3 is 19.1 Å². The lowest BCUT2D eigenvalue weighted by Crippen LogP contribution is -2.54. The molecule has 2 aliphatic heterocycles. The third kappa shape index (κ3) is 3.48. The fourth-order valence-corrected chi connectivity index (χ4v) is 3.91. The Balaban J connectivity index is 1.30. The van der Waals surface area contributed by atoms with Crippen molar-refractivity contribution >= 4 is 17.7 Å². The predicted octanol–water partition coefficient (Wildman–Crippen LogP) is 1.21. The van der Waals surface area contributed by atoms with E-state index in [9.17, 15) is 14.4 Å². The van der Waals surface area contributed by atoms with E-state index in [2.05, 4.69) is 0 Å². The van der Waals surface area contributed by atoms with Crippen LogP contribution in [-0.2, 0) is 9.59 Å². The van der Waals surface area contributed by atoms with Gasteiger partial charge in [0, 0.05) is 45.2 Å². The lowest BCUT2D eigenvalue weighted by Gasteiger charge is -2.39. The van der Waals surface area contributed by atoms with E-state index >= 15 is 0 Å². The van der Waals surface area contributed by atoms with Crippen molar-refractivity contribution in [2.75, 3.05) is 39.3 Å². The second-order valence-electron chi connectivity index (χ2n) is 7.49. The minimum absolute atomic E-state index is 0.0984. The number of piperidine rings is 1. The van der Waals surface area contributed by atoms with E-state index in [0.29, 0.717) is 38.5 Å². The molecule has 1 saturated carbocycles. The molecule has 0 aromatic carbocycles. The molecule has 1 aromatic rings. The average Bonchev–Trinajstić information content (AvgIpc) is 3.40. The van der Waals surface area contributed by atoms with Crippen LogP contribution in [0.3, 0.4) is 0 Å². The van der Waals surface area contributed by atoms with Crippen molar-refractivity contribution in [3.63, 3.8) is 0 Å². The third-order valence-electron chi connectivity index (χ3n) is 5.62. The van der Waals surface area contributed by atoms with E-state index < -0.39 is 0 Å². The summed E-state index contributed by atoms with van der Waals surface area (Å²) in [5.41, 5.74) is 0. The summed E-state index contributed by atoms with van der Waals surface area (Å²) in [5, 5.41) is 0. The molecule has 7 heteroatoms. The van der Waals surface area contributed by atoms with Crippen LogP contribution in [0, 0.1) is 11.8 Å². The first kappa shape index (κ1) is 17.1. The summed E-state index contributed by atoms with van der Waals surface area (Å²) in [6, 6.07) is 3.36. The van der Waals surface area contributed by atoms with Crippen molar-refractivity contribution in [3.05, 3.63) is 24.2 Å². The standard InChI is InChI=1S/C19H25N3O4/c23-17(14-5-6-14)22-7-1-3-15(13-22)18(24)20-8-10-21(11-9-20)19(25)16-4-2-12-26-16/h2,4,12,14-15H,1,3,5-11,13H2. The van der Waals surface area contributed by atoms with Crippen LogP contribution >= 0.6 is 0 Å². The smallest absolute Gasteiger partial charge is 0.289 e. The Morgan fingerprint density at radius 2 is 1.54 bits per heavy atom. The number of carbonyl (C=O) groups is 3. The normalized spacial score (nSPS) is 23.8. The summed E-state index contributed by atoms with van der Waals surface area (Å²) in [7, 11) is 0. The van der Waals surface area contributed by atoms with Crippen LogP contribution in [0.2, 0.25) is 0 Å². The topological polar surface area (TPSA) is 74.1 Å². The minimum atomic E-state index is -0.124. The molecule has 1 unspecified atom stereocenters. The lowest BCUT2D eigenvalue weighted by atomic mass is 9.95. The Kier molecular flexibility index (Phi) is 4.70. The van der Waals surface area contributed by atoms with E-state index in [4.69, 9.17) is 4.42 Å². The highest BCUT2D eigenvalue weighted by molar-refractivity contribution is 5.91. The van der Waals surface area contributed by atoms with E-state index in [1.165, 1.54) is 6.26 Å². The van der Waals surface area contributed by atoms with Crippen molar-refractivity contribution in [2.24, 2.45) is 11.8 Å². The molecule has 0 spiro atoms. The molecule has 4 rings (SSSR count). The summed E-state index contributed by atoms with van der Waals surface area (Å²) >= 11 is 0. The maximum atomic E-state index is 12.9. The van der Waals surface area contributed by atoms with Crippen LogP contribution in [0.15, 0.2) is 22.8 Å². The number of nitrogens with zero attached hydrogens (tertiary/aromatic N) is 3. The molecule has 7 nitrogen and oxygen atoms in total. The van der Waals surface area contributed by atoms with Crippen LogP contribution in [-0.4, -0.2) is 71.7 Å². The summed E-state index contributed by atoms with van der Waals surface area (Å²) in [5.74, 6) is 0.686. The van der Waals surface area contributed by atoms with Crippen molar-refractivity contribution in [3.8, 4) is 0 Å². The zero-order valence-corrected chi connectivity index (χ0v) is 14.9. The van der Waals surface area contributed by atoms with Gasteiger partial charge in [0.05, 0.1) is 12.2 Å². The van der Waals surface area contributed by atoms with E-state index in [-0.39, 0.29) is 29.6 Å². The molecule has 3 aliphatic rings. The molecule has 1 aromatic heterocycles. The van der Waals surface area contributed by atoms with Gasteiger partial charge in [-0.15, -0.1) is 0 Å². The van der Waals surface area contributed by atoms with Gasteiger partial charge in [0.15, 0.2) is 5.76 Å². The quantitative estimate of drug-likeness (QED) is 0.813. The Morgan fingerprint density at radius 3 is 2.19 bits per heavy atom. The maximum absolute atomic E-state index is 12.9. The van der Waals surface area contributed by atoms with Crippen molar-refractivity contribution < 1.29 is 18.8 Å². The van der Waals surface area contributed by atoms with Crippen LogP contribution in [0.4, 0.5) is 0 Å². The van der Waals surface area contributed by atoms with Gasteiger partial charge in [0.1, 0.15) is 0 Å². The Hall–Kier alpha value is -2.31. The van der Waals surface area contributed by atoms with E-state index in [1.54, 1.807) is 17.0 Å². The number of amides is 3. The monoisotopic (exact) mass is 359 g/mol. The first-order chi connectivity index (χ1) is 12.6. The summed E-state index contributed by atoms with van der Waals surface area (Å²) in [6.07, 6.45) is 5.23. The second kappa shape index (κ2) is 7.13. The second-order valence-corrected chi connectivity index (χ2v) is 7.49. The number of carbonyl (C=O) groups excluding carboxylic acids is 3. The zero-order valence-electron chi connectivity index (χ0n) is 14.9. The molecule has 3 amide bonds. The molecule has 0 radical (unpaired) electrons. The molecule has 3 fully saturated rings. The van der Waals surface area contributed by atoms with E-state index in [0.717, 1.165) is 32.2 Å². The summed E-state index contributed by atoms with van der Waals surface area (Å²) < 4.78 is 5.17. The molecule has 3 heterocycles. The molecule has 0 N–H and O–H groups in total. The van der Waals surface area contributed by atoms with Gasteiger partial charge in [0.2, 0.25) is 11.8 Å². The van der Waals surface area contributed by atoms with Gasteiger partial charge in [-0.05, 0) is 37.8 Å². The zero-order chi connectivity index (χ0) is 18.1. The molecular formula is C19H25N3O4. The molecule has 2 saturated heterocycles. The Labute approximate surface area is 152 Å².